The van der Waals surface area contributed by atoms with Gasteiger partial charge in [-0.3, -0.25) is 4.79 Å². The highest BCUT2D eigenvalue weighted by Gasteiger charge is 2.24. The number of carboxylic acid groups (broad SMARTS) is 1. The van der Waals surface area contributed by atoms with E-state index in [1.165, 1.54) is 23.1 Å². The van der Waals surface area contributed by atoms with Gasteiger partial charge in [-0.05, 0) is 18.2 Å². The summed E-state index contributed by atoms with van der Waals surface area (Å²) in [6.07, 6.45) is 0. The van der Waals surface area contributed by atoms with Crippen molar-refractivity contribution in [3.63, 3.8) is 0 Å². The van der Waals surface area contributed by atoms with Crippen LogP contribution in [0.15, 0.2) is 18.2 Å². The maximum atomic E-state index is 11.6. The number of anilines is 1. The number of hydrogen-bond acceptors (Lipinski definition) is 3. The van der Waals surface area contributed by atoms with Crippen molar-refractivity contribution >= 4 is 29.2 Å². The summed E-state index contributed by atoms with van der Waals surface area (Å²) in [5.41, 5.74) is 0.378. The van der Waals surface area contributed by atoms with Crippen LogP contribution in [0.25, 0.3) is 0 Å². The molecule has 1 N–H and O–H groups in total. The van der Waals surface area contributed by atoms with E-state index in [1.807, 2.05) is 0 Å². The number of aromatic carboxylic acids is 1. The van der Waals surface area contributed by atoms with Gasteiger partial charge in [0.05, 0.1) is 17.9 Å². The molecule has 0 spiro atoms. The normalized spacial score (nSPS) is 16.1. The summed E-state index contributed by atoms with van der Waals surface area (Å²) >= 11 is 5.83. The molecule has 1 aliphatic heterocycles. The molecule has 5 nitrogen and oxygen atoms in total. The molecule has 1 aromatic carbocycles. The first-order chi connectivity index (χ1) is 8.09. The average Bonchev–Trinajstić information content (AvgIpc) is 2.29. The quantitative estimate of drug-likeness (QED) is 0.868. The lowest BCUT2D eigenvalue weighted by Crippen LogP contribution is -2.42. The van der Waals surface area contributed by atoms with Gasteiger partial charge in [-0.1, -0.05) is 11.6 Å². The van der Waals surface area contributed by atoms with Crippen molar-refractivity contribution in [2.24, 2.45) is 0 Å². The van der Waals surface area contributed by atoms with Crippen molar-refractivity contribution in [2.75, 3.05) is 24.7 Å². The Kier molecular flexibility index (Phi) is 3.31. The standard InChI is InChI=1S/C11H10ClNO4/c12-7-1-2-8(11(15)16)9(5-7)13-3-4-17-6-10(13)14/h1-2,5H,3-4,6H2,(H,15,16). The number of benzene rings is 1. The van der Waals surface area contributed by atoms with Gasteiger partial charge in [-0.15, -0.1) is 0 Å². The largest absolute Gasteiger partial charge is 0.478 e. The van der Waals surface area contributed by atoms with E-state index in [2.05, 4.69) is 0 Å². The van der Waals surface area contributed by atoms with Gasteiger partial charge in [0.15, 0.2) is 0 Å². The Balaban J connectivity index is 2.45. The number of hydrogen-bond donors (Lipinski definition) is 1. The molecular weight excluding hydrogens is 246 g/mol. The molecule has 1 aliphatic rings. The van der Waals surface area contributed by atoms with Crippen molar-refractivity contribution in [1.82, 2.24) is 0 Å². The van der Waals surface area contributed by atoms with Crippen LogP contribution in [0.5, 0.6) is 0 Å². The fourth-order valence-corrected chi connectivity index (χ4v) is 1.85. The molecule has 0 radical (unpaired) electrons. The van der Waals surface area contributed by atoms with Crippen LogP contribution in [0.3, 0.4) is 0 Å². The Morgan fingerprint density at radius 3 is 2.88 bits per heavy atom. The molecule has 0 saturated carbocycles. The third-order valence-corrected chi connectivity index (χ3v) is 2.70. The zero-order valence-electron chi connectivity index (χ0n) is 8.85. The maximum Gasteiger partial charge on any atom is 0.337 e. The number of amides is 1. The summed E-state index contributed by atoms with van der Waals surface area (Å²) in [6, 6.07) is 4.36. The highest BCUT2D eigenvalue weighted by atomic mass is 35.5. The minimum Gasteiger partial charge on any atom is -0.478 e. The minimum absolute atomic E-state index is 0.0361. The lowest BCUT2D eigenvalue weighted by atomic mass is 10.1. The number of ether oxygens (including phenoxy) is 1. The van der Waals surface area contributed by atoms with Crippen molar-refractivity contribution < 1.29 is 19.4 Å². The van der Waals surface area contributed by atoms with Crippen LogP contribution in [0, 0.1) is 0 Å². The molecule has 1 saturated heterocycles. The van der Waals surface area contributed by atoms with E-state index in [-0.39, 0.29) is 18.1 Å². The van der Waals surface area contributed by atoms with Crippen LogP contribution >= 0.6 is 11.6 Å². The maximum absolute atomic E-state index is 11.6. The average molecular weight is 256 g/mol. The summed E-state index contributed by atoms with van der Waals surface area (Å²) < 4.78 is 4.99. The molecule has 0 aliphatic carbocycles. The number of morpholine rings is 1. The summed E-state index contributed by atoms with van der Waals surface area (Å²) in [5, 5.41) is 9.45. The Bertz CT molecular complexity index is 475. The molecule has 6 heteroatoms. The summed E-state index contributed by atoms with van der Waals surface area (Å²) in [4.78, 5) is 24.1. The minimum atomic E-state index is -1.09. The Labute approximate surface area is 103 Å². The third-order valence-electron chi connectivity index (χ3n) is 2.47. The molecule has 0 aromatic heterocycles. The monoisotopic (exact) mass is 255 g/mol. The Hall–Kier alpha value is -1.59. The molecule has 2 rings (SSSR count). The number of halogens is 1. The molecule has 90 valence electrons. The lowest BCUT2D eigenvalue weighted by molar-refractivity contribution is -0.125. The van der Waals surface area contributed by atoms with E-state index < -0.39 is 5.97 Å². The number of carbonyl (C=O) groups excluding carboxylic acids is 1. The second-order valence-electron chi connectivity index (χ2n) is 3.56. The number of carboxylic acids is 1. The first kappa shape index (κ1) is 11.9. The van der Waals surface area contributed by atoms with Gasteiger partial charge in [-0.25, -0.2) is 4.79 Å². The van der Waals surface area contributed by atoms with Gasteiger partial charge in [0.25, 0.3) is 5.91 Å². The number of carbonyl (C=O) groups is 2. The van der Waals surface area contributed by atoms with E-state index >= 15 is 0 Å². The van der Waals surface area contributed by atoms with E-state index in [0.717, 1.165) is 0 Å². The highest BCUT2D eigenvalue weighted by Crippen LogP contribution is 2.26. The molecule has 17 heavy (non-hydrogen) atoms. The summed E-state index contributed by atoms with van der Waals surface area (Å²) in [7, 11) is 0. The van der Waals surface area contributed by atoms with Gasteiger partial charge in [-0.2, -0.15) is 0 Å². The Morgan fingerprint density at radius 1 is 1.47 bits per heavy atom. The van der Waals surface area contributed by atoms with Gasteiger partial charge >= 0.3 is 5.97 Å². The van der Waals surface area contributed by atoms with Crippen LogP contribution in [0.2, 0.25) is 5.02 Å². The highest BCUT2D eigenvalue weighted by molar-refractivity contribution is 6.31. The molecule has 1 amide bonds. The van der Waals surface area contributed by atoms with Crippen LogP contribution in [-0.2, 0) is 9.53 Å². The number of nitrogens with zero attached hydrogens (tertiary/aromatic N) is 1. The van der Waals surface area contributed by atoms with Crippen molar-refractivity contribution in [3.05, 3.63) is 28.8 Å². The summed E-state index contributed by atoms with van der Waals surface area (Å²) in [5.74, 6) is -1.35. The first-order valence-electron chi connectivity index (χ1n) is 5.00. The van der Waals surface area contributed by atoms with E-state index in [0.29, 0.717) is 23.9 Å². The zero-order valence-corrected chi connectivity index (χ0v) is 9.61. The number of rotatable bonds is 2. The first-order valence-corrected chi connectivity index (χ1v) is 5.38. The van der Waals surface area contributed by atoms with Crippen LogP contribution in [0.1, 0.15) is 10.4 Å². The van der Waals surface area contributed by atoms with Crippen molar-refractivity contribution in [1.29, 1.82) is 0 Å². The molecular formula is C11H10ClNO4. The zero-order chi connectivity index (χ0) is 12.4. The van der Waals surface area contributed by atoms with Crippen LogP contribution in [-0.4, -0.2) is 36.7 Å². The molecule has 1 heterocycles. The topological polar surface area (TPSA) is 66.8 Å². The van der Waals surface area contributed by atoms with Gasteiger partial charge in [0.2, 0.25) is 0 Å². The van der Waals surface area contributed by atoms with E-state index in [4.69, 9.17) is 21.4 Å². The Morgan fingerprint density at radius 2 is 2.24 bits per heavy atom. The molecule has 1 fully saturated rings. The van der Waals surface area contributed by atoms with Crippen molar-refractivity contribution in [3.8, 4) is 0 Å². The SMILES string of the molecule is O=C(O)c1ccc(Cl)cc1N1CCOCC1=O. The smallest absolute Gasteiger partial charge is 0.337 e. The van der Waals surface area contributed by atoms with Gasteiger partial charge < -0.3 is 14.7 Å². The van der Waals surface area contributed by atoms with E-state index in [9.17, 15) is 9.59 Å². The molecule has 1 aromatic rings. The van der Waals surface area contributed by atoms with Crippen LogP contribution < -0.4 is 4.90 Å². The summed E-state index contributed by atoms with van der Waals surface area (Å²) in [6.45, 7) is 0.683. The second-order valence-corrected chi connectivity index (χ2v) is 4.00. The molecule has 0 unspecified atom stereocenters. The van der Waals surface area contributed by atoms with Gasteiger partial charge in [0, 0.05) is 11.6 Å². The van der Waals surface area contributed by atoms with Crippen LogP contribution in [0.4, 0.5) is 5.69 Å². The van der Waals surface area contributed by atoms with E-state index in [1.54, 1.807) is 0 Å². The fraction of sp³-hybridized carbons (Fsp3) is 0.273. The fourth-order valence-electron chi connectivity index (χ4n) is 1.68. The second kappa shape index (κ2) is 4.73. The molecule has 0 bridgehead atoms. The molecule has 0 atom stereocenters. The third kappa shape index (κ3) is 2.40. The lowest BCUT2D eigenvalue weighted by Gasteiger charge is -2.28. The van der Waals surface area contributed by atoms with Crippen molar-refractivity contribution in [2.45, 2.75) is 0 Å². The van der Waals surface area contributed by atoms with Gasteiger partial charge in [0.1, 0.15) is 6.61 Å². The predicted molar refractivity (Wildman–Crippen MR) is 61.6 cm³/mol. The predicted octanol–water partition coefficient (Wildman–Crippen LogP) is 1.40.